The number of hydrogen-bond acceptors (Lipinski definition) is 5. The molecule has 0 saturated heterocycles. The van der Waals surface area contributed by atoms with Crippen LogP contribution in [-0.2, 0) is 18.9 Å². The summed E-state index contributed by atoms with van der Waals surface area (Å²) in [5, 5.41) is 33.8. The van der Waals surface area contributed by atoms with Crippen molar-refractivity contribution < 1.29 is 209 Å². The van der Waals surface area contributed by atoms with Gasteiger partial charge in [0.15, 0.2) is 5.60 Å². The summed E-state index contributed by atoms with van der Waals surface area (Å²) in [6, 6.07) is 0. The summed E-state index contributed by atoms with van der Waals surface area (Å²) < 4.78 is 8.88. The van der Waals surface area contributed by atoms with Crippen LogP contribution in [0.2, 0.25) is 0 Å². The van der Waals surface area contributed by atoms with E-state index in [0.717, 1.165) is 0 Å². The summed E-state index contributed by atoms with van der Waals surface area (Å²) in [7, 11) is -4.64. The van der Waals surface area contributed by atoms with Crippen molar-refractivity contribution in [2.75, 3.05) is 0 Å². The van der Waals surface area contributed by atoms with E-state index in [1.54, 1.807) is 0 Å². The number of carboxylic acids is 3. The maximum absolute atomic E-state index is 10.3. The van der Waals surface area contributed by atoms with Gasteiger partial charge in [0.1, 0.15) is 0 Å². The third kappa shape index (κ3) is 37.0. The minimum Gasteiger partial charge on any atom is -1.00 e. The van der Waals surface area contributed by atoms with Crippen molar-refractivity contribution in [3.05, 3.63) is 0 Å². The molecule has 0 rings (SSSR count). The Kier molecular flexibility index (Phi) is 42.9. The van der Waals surface area contributed by atoms with E-state index in [0.29, 0.717) is 0 Å². The first-order valence-electron chi connectivity index (χ1n) is 3.95. The average Bonchev–Trinajstić information content (AvgIpc) is 1.95. The van der Waals surface area contributed by atoms with Gasteiger partial charge >= 0.3 is 174 Å². The van der Waals surface area contributed by atoms with Crippen molar-refractivity contribution in [1.29, 1.82) is 0 Å². The first-order valence-corrected chi connectivity index (χ1v) is 5.52. The number of hydrogen-bond donors (Lipinski definition) is 7. The number of carbonyl (C=O) groups is 3. The molecule has 0 fully saturated rings. The zero-order valence-electron chi connectivity index (χ0n) is 18.6. The van der Waals surface area contributed by atoms with E-state index in [1.165, 1.54) is 0 Å². The average molecular weight is 410 g/mol. The number of carboxylic acid groups (broad SMARTS) is 3. The van der Waals surface area contributed by atoms with Crippen molar-refractivity contribution in [2.24, 2.45) is 0 Å². The van der Waals surface area contributed by atoms with Gasteiger partial charge in [-0.05, 0) is 0 Å². The zero-order valence-corrected chi connectivity index (χ0v) is 24.5. The molecule has 0 saturated carbocycles. The Labute approximate surface area is 249 Å². The smallest absolute Gasteiger partial charge is 1.00 e. The molecular weight excluding hydrogens is 394 g/mol. The minimum atomic E-state index is -4.64. The monoisotopic (exact) mass is 410 g/mol. The molecule has 23 heavy (non-hydrogen) atoms. The fraction of sp³-hybridized carbons (Fsp3) is 0.500. The van der Waals surface area contributed by atoms with E-state index < -0.39 is 44.2 Å². The molecule has 0 heterocycles. The molecular formula is C6H16Na5O11P. The third-order valence-corrected chi connectivity index (χ3v) is 1.29. The van der Waals surface area contributed by atoms with Crippen LogP contribution in [0.15, 0.2) is 0 Å². The van der Waals surface area contributed by atoms with Crippen LogP contribution in [0.25, 0.3) is 0 Å². The molecule has 0 aromatic rings. The van der Waals surface area contributed by atoms with Crippen LogP contribution in [0.1, 0.15) is 20.0 Å². The molecule has 0 radical (unpaired) electrons. The molecule has 0 amide bonds. The Hall–Kier alpha value is 3.48. The van der Waals surface area contributed by atoms with Crippen molar-refractivity contribution in [1.82, 2.24) is 0 Å². The first-order chi connectivity index (χ1) is 7.78. The molecule has 0 aliphatic rings. The van der Waals surface area contributed by atoms with Gasteiger partial charge in [-0.2, -0.15) is 0 Å². The first kappa shape index (κ1) is 45.3. The second-order valence-corrected chi connectivity index (χ2v) is 4.02. The molecule has 11 nitrogen and oxygen atoms in total. The van der Waals surface area contributed by atoms with Gasteiger partial charge in [0.25, 0.3) is 0 Å². The van der Waals surface area contributed by atoms with E-state index >= 15 is 0 Å². The second kappa shape index (κ2) is 21.8. The third-order valence-electron chi connectivity index (χ3n) is 1.29. The molecule has 116 valence electrons. The maximum Gasteiger partial charge on any atom is 1.00 e. The molecule has 0 spiro atoms. The zero-order chi connectivity index (χ0) is 15.1. The Balaban J connectivity index is -0.0000000156. The van der Waals surface area contributed by atoms with Gasteiger partial charge in [0, 0.05) is 0 Å². The van der Waals surface area contributed by atoms with E-state index in [4.69, 9.17) is 39.7 Å². The Morgan fingerprint density at radius 1 is 0.783 bits per heavy atom. The molecule has 17 heteroatoms. The summed E-state index contributed by atoms with van der Waals surface area (Å²) in [5.41, 5.74) is -2.74. The van der Waals surface area contributed by atoms with Crippen molar-refractivity contribution in [3.63, 3.8) is 0 Å². The predicted octanol–water partition coefficient (Wildman–Crippen LogP) is -16.6. The van der Waals surface area contributed by atoms with Crippen molar-refractivity contribution in [3.8, 4) is 0 Å². The van der Waals surface area contributed by atoms with E-state index in [-0.39, 0.29) is 155 Å². The van der Waals surface area contributed by atoms with Gasteiger partial charge < -0.3 is 42.2 Å². The summed E-state index contributed by atoms with van der Waals surface area (Å²) >= 11 is 0. The SMILES string of the molecule is O=C(O)CC(O)(CC(=O)O)C(=O)O.O=P(O)(O)O.[H-].[H-].[H-].[H-].[H-].[Na+].[Na+].[Na+].[Na+].[Na+]. The molecule has 0 unspecified atom stereocenters. The second-order valence-electron chi connectivity index (χ2n) is 2.99. The van der Waals surface area contributed by atoms with Crippen LogP contribution in [0.3, 0.4) is 0 Å². The van der Waals surface area contributed by atoms with Crippen LogP contribution in [0.5, 0.6) is 0 Å². The van der Waals surface area contributed by atoms with E-state index in [9.17, 15) is 14.4 Å². The van der Waals surface area contributed by atoms with Gasteiger partial charge in [0.2, 0.25) is 0 Å². The standard InChI is InChI=1S/C6H8O7.5Na.H3O4P.5H/c7-3(8)1-6(13,5(11)12)2-4(9)10;;;;;;1-5(2,3)4;;;;;/h13H,1-2H2,(H,7,8)(H,9,10)(H,11,12);;;;;;(H3,1,2,3,4);;;;;/q;5*+1;;5*-1. The summed E-state index contributed by atoms with van der Waals surface area (Å²) in [5.74, 6) is -5.02. The maximum atomic E-state index is 10.3. The van der Waals surface area contributed by atoms with Crippen LogP contribution < -0.4 is 148 Å². The Morgan fingerprint density at radius 3 is 1.04 bits per heavy atom. The van der Waals surface area contributed by atoms with Gasteiger partial charge in [-0.25, -0.2) is 9.36 Å². The van der Waals surface area contributed by atoms with Crippen LogP contribution >= 0.6 is 7.82 Å². The van der Waals surface area contributed by atoms with E-state index in [2.05, 4.69) is 0 Å². The molecule has 0 aromatic heterocycles. The van der Waals surface area contributed by atoms with Crippen LogP contribution in [-0.4, -0.2) is 58.6 Å². The largest absolute Gasteiger partial charge is 1.00 e. The minimum absolute atomic E-state index is 0. The van der Waals surface area contributed by atoms with Gasteiger partial charge in [-0.1, -0.05) is 0 Å². The van der Waals surface area contributed by atoms with Crippen LogP contribution in [0.4, 0.5) is 0 Å². The number of aliphatic hydroxyl groups is 1. The van der Waals surface area contributed by atoms with Crippen molar-refractivity contribution >= 4 is 25.7 Å². The molecule has 7 N–H and O–H groups in total. The topological polar surface area (TPSA) is 210 Å². The van der Waals surface area contributed by atoms with E-state index in [1.807, 2.05) is 0 Å². The van der Waals surface area contributed by atoms with Gasteiger partial charge in [0.05, 0.1) is 12.8 Å². The van der Waals surface area contributed by atoms with Crippen LogP contribution in [0, 0.1) is 0 Å². The summed E-state index contributed by atoms with van der Waals surface area (Å²) in [6.45, 7) is 0. The number of aliphatic carboxylic acids is 3. The van der Waals surface area contributed by atoms with Crippen molar-refractivity contribution in [2.45, 2.75) is 18.4 Å². The Morgan fingerprint density at radius 2 is 0.957 bits per heavy atom. The van der Waals surface area contributed by atoms with Gasteiger partial charge in [-0.3, -0.25) is 9.59 Å². The molecule has 0 bridgehead atoms. The predicted molar refractivity (Wildman–Crippen MR) is 56.9 cm³/mol. The number of phosphoric acid groups is 1. The fourth-order valence-electron chi connectivity index (χ4n) is 0.714. The summed E-state index contributed by atoms with van der Waals surface area (Å²) in [4.78, 5) is 52.0. The molecule has 0 atom stereocenters. The van der Waals surface area contributed by atoms with Gasteiger partial charge in [-0.15, -0.1) is 0 Å². The summed E-state index contributed by atoms with van der Waals surface area (Å²) in [6.07, 6.45) is -2.29. The molecule has 0 aliphatic heterocycles. The Bertz CT molecular complexity index is 380. The molecule has 0 aromatic carbocycles. The normalized spacial score (nSPS) is 8.70. The number of rotatable bonds is 5. The quantitative estimate of drug-likeness (QED) is 0.167. The molecule has 0 aliphatic carbocycles. The fourth-order valence-corrected chi connectivity index (χ4v) is 0.714.